The van der Waals surface area contributed by atoms with Crippen molar-refractivity contribution < 1.29 is 19.0 Å². The second-order valence-electron chi connectivity index (χ2n) is 4.00. The second kappa shape index (κ2) is 6.28. The third kappa shape index (κ3) is 2.28. The summed E-state index contributed by atoms with van der Waals surface area (Å²) in [6.45, 7) is 3.69. The van der Waals surface area contributed by atoms with Gasteiger partial charge in [-0.1, -0.05) is 6.08 Å². The molecule has 0 saturated heterocycles. The van der Waals surface area contributed by atoms with E-state index in [9.17, 15) is 4.79 Å². The highest BCUT2D eigenvalue weighted by Crippen LogP contribution is 2.44. The summed E-state index contributed by atoms with van der Waals surface area (Å²) < 4.78 is 15.7. The first-order chi connectivity index (χ1) is 8.67. The van der Waals surface area contributed by atoms with Gasteiger partial charge in [0.1, 0.15) is 11.5 Å². The Morgan fingerprint density at radius 1 is 1.33 bits per heavy atom. The topological polar surface area (TPSA) is 44.8 Å². The zero-order chi connectivity index (χ0) is 13.6. The number of hydrogen-bond donors (Lipinski definition) is 0. The van der Waals surface area contributed by atoms with Gasteiger partial charge in [-0.2, -0.15) is 0 Å². The molecule has 18 heavy (non-hydrogen) atoms. The lowest BCUT2D eigenvalue weighted by molar-refractivity contribution is -0.152. The van der Waals surface area contributed by atoms with E-state index in [0.717, 1.165) is 0 Å². The van der Waals surface area contributed by atoms with Gasteiger partial charge in [0.05, 0.1) is 21.3 Å². The standard InChI is InChI=1S/C14H20O4/c1-5-6-10-14(13(15)18-4)11(16-2)8-7-9-12(14)17-3/h5,8-9H,1,6-7,10H2,2-4H3. The Labute approximate surface area is 108 Å². The van der Waals surface area contributed by atoms with Crippen molar-refractivity contribution in [3.05, 3.63) is 36.3 Å². The van der Waals surface area contributed by atoms with Gasteiger partial charge in [-0.15, -0.1) is 6.58 Å². The van der Waals surface area contributed by atoms with Crippen molar-refractivity contribution in [1.82, 2.24) is 0 Å². The molecular formula is C14H20O4. The van der Waals surface area contributed by atoms with Crippen LogP contribution in [0.25, 0.3) is 0 Å². The lowest BCUT2D eigenvalue weighted by Gasteiger charge is -2.35. The van der Waals surface area contributed by atoms with Crippen LogP contribution < -0.4 is 0 Å². The van der Waals surface area contributed by atoms with Crippen LogP contribution in [-0.4, -0.2) is 27.3 Å². The van der Waals surface area contributed by atoms with Crippen LogP contribution in [-0.2, 0) is 19.0 Å². The molecule has 100 valence electrons. The zero-order valence-corrected chi connectivity index (χ0v) is 11.2. The van der Waals surface area contributed by atoms with E-state index in [0.29, 0.717) is 30.8 Å². The molecule has 4 nitrogen and oxygen atoms in total. The number of allylic oxidation sites excluding steroid dienone is 3. The molecular weight excluding hydrogens is 232 g/mol. The van der Waals surface area contributed by atoms with Gasteiger partial charge in [-0.25, -0.2) is 0 Å². The lowest BCUT2D eigenvalue weighted by atomic mass is 9.76. The quantitative estimate of drug-likeness (QED) is 0.538. The fourth-order valence-electron chi connectivity index (χ4n) is 2.30. The van der Waals surface area contributed by atoms with E-state index in [2.05, 4.69) is 6.58 Å². The molecule has 0 amide bonds. The highest BCUT2D eigenvalue weighted by Gasteiger charge is 2.49. The van der Waals surface area contributed by atoms with Gasteiger partial charge in [-0.3, -0.25) is 4.79 Å². The van der Waals surface area contributed by atoms with Gasteiger partial charge in [0, 0.05) is 0 Å². The summed E-state index contributed by atoms with van der Waals surface area (Å²) in [6, 6.07) is 0. The number of carbonyl (C=O) groups is 1. The largest absolute Gasteiger partial charge is 0.500 e. The maximum Gasteiger partial charge on any atom is 0.327 e. The molecule has 1 aliphatic carbocycles. The number of methoxy groups -OCH3 is 3. The van der Waals surface area contributed by atoms with E-state index in [1.807, 2.05) is 12.2 Å². The number of esters is 1. The Hall–Kier alpha value is -1.71. The molecule has 4 heteroatoms. The Morgan fingerprint density at radius 3 is 2.28 bits per heavy atom. The van der Waals surface area contributed by atoms with Crippen molar-refractivity contribution in [3.8, 4) is 0 Å². The first-order valence-electron chi connectivity index (χ1n) is 5.86. The first kappa shape index (κ1) is 14.4. The molecule has 0 saturated carbocycles. The molecule has 0 radical (unpaired) electrons. The van der Waals surface area contributed by atoms with Crippen LogP contribution >= 0.6 is 0 Å². The van der Waals surface area contributed by atoms with Crippen LogP contribution in [0.5, 0.6) is 0 Å². The summed E-state index contributed by atoms with van der Waals surface area (Å²) in [5, 5.41) is 0. The highest BCUT2D eigenvalue weighted by molar-refractivity contribution is 5.84. The summed E-state index contributed by atoms with van der Waals surface area (Å²) in [7, 11) is 4.47. The van der Waals surface area contributed by atoms with Crippen molar-refractivity contribution >= 4 is 5.97 Å². The van der Waals surface area contributed by atoms with E-state index < -0.39 is 5.41 Å². The smallest absolute Gasteiger partial charge is 0.327 e. The molecule has 0 aromatic rings. The fraction of sp³-hybridized carbons (Fsp3) is 0.500. The van der Waals surface area contributed by atoms with Crippen LogP contribution in [0.15, 0.2) is 36.3 Å². The monoisotopic (exact) mass is 252 g/mol. The predicted molar refractivity (Wildman–Crippen MR) is 68.7 cm³/mol. The van der Waals surface area contributed by atoms with Crippen molar-refractivity contribution in [3.63, 3.8) is 0 Å². The molecule has 0 bridgehead atoms. The maximum atomic E-state index is 12.2. The van der Waals surface area contributed by atoms with Gasteiger partial charge in [0.15, 0.2) is 5.41 Å². The maximum absolute atomic E-state index is 12.2. The minimum Gasteiger partial charge on any atom is -0.500 e. The van der Waals surface area contributed by atoms with E-state index in [4.69, 9.17) is 14.2 Å². The van der Waals surface area contributed by atoms with Gasteiger partial charge in [0.2, 0.25) is 0 Å². The molecule has 0 aromatic carbocycles. The third-order valence-electron chi connectivity index (χ3n) is 3.14. The second-order valence-corrected chi connectivity index (χ2v) is 4.00. The highest BCUT2D eigenvalue weighted by atomic mass is 16.5. The third-order valence-corrected chi connectivity index (χ3v) is 3.14. The van der Waals surface area contributed by atoms with Gasteiger partial charge < -0.3 is 14.2 Å². The fourth-order valence-corrected chi connectivity index (χ4v) is 2.30. The van der Waals surface area contributed by atoms with Gasteiger partial charge in [-0.05, 0) is 31.4 Å². The van der Waals surface area contributed by atoms with E-state index in [-0.39, 0.29) is 5.97 Å². The van der Waals surface area contributed by atoms with Crippen molar-refractivity contribution in [1.29, 1.82) is 0 Å². The van der Waals surface area contributed by atoms with Gasteiger partial charge in [0.25, 0.3) is 0 Å². The molecule has 0 fully saturated rings. The molecule has 1 rings (SSSR count). The van der Waals surface area contributed by atoms with Crippen LogP contribution in [0.4, 0.5) is 0 Å². The lowest BCUT2D eigenvalue weighted by Crippen LogP contribution is -2.39. The molecule has 1 aliphatic rings. The van der Waals surface area contributed by atoms with Crippen LogP contribution in [0.2, 0.25) is 0 Å². The van der Waals surface area contributed by atoms with E-state index >= 15 is 0 Å². The zero-order valence-electron chi connectivity index (χ0n) is 11.2. The molecule has 0 atom stereocenters. The number of ether oxygens (including phenoxy) is 3. The number of hydrogen-bond acceptors (Lipinski definition) is 4. The summed E-state index contributed by atoms with van der Waals surface area (Å²) in [4.78, 5) is 12.2. The van der Waals surface area contributed by atoms with Gasteiger partial charge >= 0.3 is 5.97 Å². The Kier molecular flexibility index (Phi) is 5.01. The molecule has 0 N–H and O–H groups in total. The average Bonchev–Trinajstić information content (AvgIpc) is 2.43. The summed E-state index contributed by atoms with van der Waals surface area (Å²) in [6.07, 6.45) is 7.38. The Morgan fingerprint density at radius 2 is 1.89 bits per heavy atom. The van der Waals surface area contributed by atoms with Crippen LogP contribution in [0.3, 0.4) is 0 Å². The molecule has 0 unspecified atom stereocenters. The Balaban J connectivity index is 3.26. The first-order valence-corrected chi connectivity index (χ1v) is 5.86. The van der Waals surface area contributed by atoms with Crippen LogP contribution in [0.1, 0.15) is 19.3 Å². The molecule has 0 heterocycles. The summed E-state index contributed by atoms with van der Waals surface area (Å²) >= 11 is 0. The van der Waals surface area contributed by atoms with E-state index in [1.165, 1.54) is 7.11 Å². The van der Waals surface area contributed by atoms with Crippen molar-refractivity contribution in [2.24, 2.45) is 5.41 Å². The minimum absolute atomic E-state index is 0.370. The summed E-state index contributed by atoms with van der Waals surface area (Å²) in [5.74, 6) is 0.788. The van der Waals surface area contributed by atoms with Crippen LogP contribution in [0, 0.1) is 5.41 Å². The normalized spacial score (nSPS) is 17.3. The molecule has 0 aliphatic heterocycles. The Bertz CT molecular complexity index is 359. The predicted octanol–water partition coefficient (Wildman–Crippen LogP) is 2.58. The molecule has 0 aromatic heterocycles. The summed E-state index contributed by atoms with van der Waals surface area (Å²) in [5.41, 5.74) is -0.981. The SMILES string of the molecule is C=CCCC1(C(=O)OC)C(OC)=CCC=C1OC. The van der Waals surface area contributed by atoms with E-state index in [1.54, 1.807) is 20.3 Å². The average molecular weight is 252 g/mol. The minimum atomic E-state index is -0.981. The van der Waals surface area contributed by atoms with Crippen molar-refractivity contribution in [2.45, 2.75) is 19.3 Å². The van der Waals surface area contributed by atoms with Crippen molar-refractivity contribution in [2.75, 3.05) is 21.3 Å². The number of rotatable bonds is 6. The molecule has 0 spiro atoms. The number of carbonyl (C=O) groups excluding carboxylic acids is 1.